The maximum atomic E-state index is 12.7. The van der Waals surface area contributed by atoms with E-state index >= 15 is 0 Å². The number of hydrogen-bond donors (Lipinski definition) is 2. The van der Waals surface area contributed by atoms with Gasteiger partial charge < -0.3 is 15.3 Å². The molecular weight excluding hydrogens is 314 g/mol. The van der Waals surface area contributed by atoms with Gasteiger partial charge in [0.05, 0.1) is 0 Å². The van der Waals surface area contributed by atoms with E-state index in [0.717, 1.165) is 37.1 Å². The van der Waals surface area contributed by atoms with Crippen LogP contribution in [0.3, 0.4) is 0 Å². The molecule has 5 heteroatoms. The highest BCUT2D eigenvalue weighted by Crippen LogP contribution is 2.27. The summed E-state index contributed by atoms with van der Waals surface area (Å²) in [6, 6.07) is 11.6. The van der Waals surface area contributed by atoms with Crippen LogP contribution >= 0.6 is 0 Å². The van der Waals surface area contributed by atoms with Gasteiger partial charge in [0.15, 0.2) is 0 Å². The molecule has 5 nitrogen and oxygen atoms in total. The number of hydrogen-bond acceptors (Lipinski definition) is 4. The van der Waals surface area contributed by atoms with E-state index in [2.05, 4.69) is 10.3 Å². The van der Waals surface area contributed by atoms with E-state index in [1.807, 2.05) is 48.3 Å². The van der Waals surface area contributed by atoms with Crippen molar-refractivity contribution < 1.29 is 9.90 Å². The molecule has 1 aromatic heterocycles. The third kappa shape index (κ3) is 4.37. The van der Waals surface area contributed by atoms with Crippen LogP contribution in [0.1, 0.15) is 36.0 Å². The number of anilines is 2. The second-order valence-electron chi connectivity index (χ2n) is 6.71. The van der Waals surface area contributed by atoms with Gasteiger partial charge >= 0.3 is 0 Å². The Morgan fingerprint density at radius 3 is 2.28 bits per heavy atom. The molecule has 3 rings (SSSR count). The van der Waals surface area contributed by atoms with Gasteiger partial charge in [0.1, 0.15) is 0 Å². The summed E-state index contributed by atoms with van der Waals surface area (Å²) in [5.41, 5.74) is 2.60. The summed E-state index contributed by atoms with van der Waals surface area (Å²) in [6.07, 6.45) is 7.40. The number of aliphatic hydroxyl groups is 1. The number of carbonyl (C=O) groups is 1. The highest BCUT2D eigenvalue weighted by molar-refractivity contribution is 5.94. The Hall–Kier alpha value is -2.40. The molecular formula is C20H25N3O2. The highest BCUT2D eigenvalue weighted by atomic mass is 16.3. The van der Waals surface area contributed by atoms with Gasteiger partial charge in [-0.25, -0.2) is 0 Å². The molecule has 1 aliphatic carbocycles. The quantitative estimate of drug-likeness (QED) is 0.876. The first kappa shape index (κ1) is 17.4. The minimum absolute atomic E-state index is 0.0582. The molecule has 1 amide bonds. The molecule has 1 heterocycles. The fraction of sp³-hybridized carbons (Fsp3) is 0.400. The molecule has 0 atom stereocenters. The number of pyridine rings is 1. The second kappa shape index (κ2) is 8.12. The zero-order valence-corrected chi connectivity index (χ0v) is 14.6. The van der Waals surface area contributed by atoms with Crippen molar-refractivity contribution in [1.29, 1.82) is 0 Å². The van der Waals surface area contributed by atoms with Crippen molar-refractivity contribution in [1.82, 2.24) is 9.88 Å². The first-order chi connectivity index (χ1) is 12.2. The van der Waals surface area contributed by atoms with Gasteiger partial charge in [0.25, 0.3) is 5.91 Å². The van der Waals surface area contributed by atoms with Gasteiger partial charge in [0, 0.05) is 49.0 Å². The van der Waals surface area contributed by atoms with Gasteiger partial charge in [-0.2, -0.15) is 0 Å². The van der Waals surface area contributed by atoms with Crippen LogP contribution in [0, 0.1) is 5.92 Å². The molecule has 0 bridgehead atoms. The fourth-order valence-electron chi connectivity index (χ4n) is 3.38. The second-order valence-corrected chi connectivity index (χ2v) is 6.71. The van der Waals surface area contributed by atoms with E-state index in [1.54, 1.807) is 12.4 Å². The molecule has 0 unspecified atom stereocenters. The molecule has 1 aliphatic rings. The topological polar surface area (TPSA) is 65.5 Å². The monoisotopic (exact) mass is 339 g/mol. The summed E-state index contributed by atoms with van der Waals surface area (Å²) in [5.74, 6) is 0.459. The van der Waals surface area contributed by atoms with Crippen molar-refractivity contribution in [2.45, 2.75) is 31.7 Å². The van der Waals surface area contributed by atoms with Gasteiger partial charge in [-0.3, -0.25) is 9.78 Å². The summed E-state index contributed by atoms with van der Waals surface area (Å²) in [4.78, 5) is 18.6. The lowest BCUT2D eigenvalue weighted by atomic mass is 9.86. The highest BCUT2D eigenvalue weighted by Gasteiger charge is 2.26. The SMILES string of the molecule is CN(C(=O)c1ccc(Nc2ccncc2)cc1)C1CCC(CO)CC1. The van der Waals surface area contributed by atoms with E-state index in [1.165, 1.54) is 0 Å². The number of carbonyl (C=O) groups excluding carboxylic acids is 1. The Balaban J connectivity index is 1.60. The fourth-order valence-corrected chi connectivity index (χ4v) is 3.38. The van der Waals surface area contributed by atoms with Gasteiger partial charge in [0.2, 0.25) is 0 Å². The minimum Gasteiger partial charge on any atom is -0.396 e. The summed E-state index contributed by atoms with van der Waals surface area (Å²) < 4.78 is 0. The average Bonchev–Trinajstić information content (AvgIpc) is 2.68. The smallest absolute Gasteiger partial charge is 0.253 e. The van der Waals surface area contributed by atoms with Crippen molar-refractivity contribution in [3.05, 3.63) is 54.4 Å². The Bertz CT molecular complexity index is 680. The van der Waals surface area contributed by atoms with E-state index in [4.69, 9.17) is 0 Å². The number of nitrogens with one attached hydrogen (secondary N) is 1. The molecule has 0 saturated heterocycles. The van der Waals surface area contributed by atoms with E-state index in [-0.39, 0.29) is 18.6 Å². The number of aliphatic hydroxyl groups excluding tert-OH is 1. The molecule has 1 saturated carbocycles. The number of rotatable bonds is 5. The van der Waals surface area contributed by atoms with E-state index in [9.17, 15) is 9.90 Å². The zero-order chi connectivity index (χ0) is 17.6. The van der Waals surface area contributed by atoms with Crippen molar-refractivity contribution in [2.24, 2.45) is 5.92 Å². The first-order valence-electron chi connectivity index (χ1n) is 8.82. The summed E-state index contributed by atoms with van der Waals surface area (Å²) in [7, 11) is 1.88. The van der Waals surface area contributed by atoms with Crippen LogP contribution in [0.25, 0.3) is 0 Å². The van der Waals surface area contributed by atoms with Crippen LogP contribution in [0.4, 0.5) is 11.4 Å². The summed E-state index contributed by atoms with van der Waals surface area (Å²) in [5, 5.41) is 12.5. The zero-order valence-electron chi connectivity index (χ0n) is 14.6. The van der Waals surface area contributed by atoms with Gasteiger partial charge in [-0.15, -0.1) is 0 Å². The van der Waals surface area contributed by atoms with Crippen LogP contribution in [0.2, 0.25) is 0 Å². The molecule has 2 aromatic rings. The maximum Gasteiger partial charge on any atom is 0.253 e. The average molecular weight is 339 g/mol. The molecule has 0 spiro atoms. The van der Waals surface area contributed by atoms with Crippen molar-refractivity contribution in [3.63, 3.8) is 0 Å². The molecule has 1 fully saturated rings. The van der Waals surface area contributed by atoms with E-state index in [0.29, 0.717) is 11.5 Å². The number of benzene rings is 1. The molecule has 25 heavy (non-hydrogen) atoms. The van der Waals surface area contributed by atoms with Crippen molar-refractivity contribution >= 4 is 17.3 Å². The first-order valence-corrected chi connectivity index (χ1v) is 8.82. The van der Waals surface area contributed by atoms with Crippen molar-refractivity contribution in [2.75, 3.05) is 19.0 Å². The van der Waals surface area contributed by atoms with Crippen LogP contribution in [-0.4, -0.2) is 40.6 Å². The Morgan fingerprint density at radius 1 is 1.08 bits per heavy atom. The Kier molecular flexibility index (Phi) is 5.66. The van der Waals surface area contributed by atoms with Crippen LogP contribution in [-0.2, 0) is 0 Å². The normalized spacial score (nSPS) is 20.1. The summed E-state index contributed by atoms with van der Waals surface area (Å²) in [6.45, 7) is 0.260. The van der Waals surface area contributed by atoms with Gasteiger partial charge in [-0.1, -0.05) is 0 Å². The Labute approximate surface area is 148 Å². The minimum atomic E-state index is 0.0582. The molecule has 2 N–H and O–H groups in total. The lowest BCUT2D eigenvalue weighted by molar-refractivity contribution is 0.0653. The molecule has 1 aromatic carbocycles. The van der Waals surface area contributed by atoms with E-state index < -0.39 is 0 Å². The summed E-state index contributed by atoms with van der Waals surface area (Å²) >= 11 is 0. The largest absolute Gasteiger partial charge is 0.396 e. The third-order valence-corrected chi connectivity index (χ3v) is 5.04. The standard InChI is InChI=1S/C20H25N3O2/c1-23(19-8-2-15(14-24)3-9-19)20(25)16-4-6-17(7-5-16)22-18-10-12-21-13-11-18/h4-7,10-13,15,19,24H,2-3,8-9,14H2,1H3,(H,21,22). The van der Waals surface area contributed by atoms with Crippen LogP contribution in [0.5, 0.6) is 0 Å². The lowest BCUT2D eigenvalue weighted by Gasteiger charge is -2.34. The lowest BCUT2D eigenvalue weighted by Crippen LogP contribution is -2.39. The molecule has 132 valence electrons. The Morgan fingerprint density at radius 2 is 1.68 bits per heavy atom. The van der Waals surface area contributed by atoms with Crippen LogP contribution < -0.4 is 5.32 Å². The predicted molar refractivity (Wildman–Crippen MR) is 98.9 cm³/mol. The van der Waals surface area contributed by atoms with Crippen molar-refractivity contribution in [3.8, 4) is 0 Å². The number of nitrogens with zero attached hydrogens (tertiary/aromatic N) is 2. The number of aromatic nitrogens is 1. The van der Waals surface area contributed by atoms with Gasteiger partial charge in [-0.05, 0) is 68.0 Å². The number of amides is 1. The molecule has 0 radical (unpaired) electrons. The molecule has 0 aliphatic heterocycles. The third-order valence-electron chi connectivity index (χ3n) is 5.04. The van der Waals surface area contributed by atoms with Crippen LogP contribution in [0.15, 0.2) is 48.8 Å². The predicted octanol–water partition coefficient (Wildman–Crippen LogP) is 3.45. The maximum absolute atomic E-state index is 12.7.